The quantitative estimate of drug-likeness (QED) is 0.440. The van der Waals surface area contributed by atoms with E-state index >= 15 is 0 Å². The number of anilines is 1. The zero-order valence-electron chi connectivity index (χ0n) is 19.6. The van der Waals surface area contributed by atoms with Gasteiger partial charge in [0, 0.05) is 25.2 Å². The van der Waals surface area contributed by atoms with Gasteiger partial charge in [-0.25, -0.2) is 13.6 Å². The Balaban J connectivity index is 1.57. The predicted octanol–water partition coefficient (Wildman–Crippen LogP) is 5.04. The molecule has 0 saturated heterocycles. The van der Waals surface area contributed by atoms with Crippen LogP contribution in [0.3, 0.4) is 0 Å². The van der Waals surface area contributed by atoms with Crippen LogP contribution in [0, 0.1) is 5.92 Å². The summed E-state index contributed by atoms with van der Waals surface area (Å²) in [6, 6.07) is 9.12. The summed E-state index contributed by atoms with van der Waals surface area (Å²) in [7, 11) is -1.85. The van der Waals surface area contributed by atoms with Gasteiger partial charge < -0.3 is 14.4 Å². The first kappa shape index (κ1) is 25.0. The molecule has 4 rings (SSSR count). The van der Waals surface area contributed by atoms with Crippen molar-refractivity contribution in [3.05, 3.63) is 64.7 Å². The highest BCUT2D eigenvalue weighted by Gasteiger charge is 2.32. The van der Waals surface area contributed by atoms with Crippen molar-refractivity contribution in [1.29, 1.82) is 0 Å². The molecule has 0 unspecified atom stereocenters. The molecule has 2 aromatic carbocycles. The third kappa shape index (κ3) is 5.77. The van der Waals surface area contributed by atoms with Gasteiger partial charge in [-0.15, -0.1) is 6.58 Å². The highest BCUT2D eigenvalue weighted by Crippen LogP contribution is 2.45. The van der Waals surface area contributed by atoms with Crippen molar-refractivity contribution < 1.29 is 17.9 Å². The van der Waals surface area contributed by atoms with Gasteiger partial charge in [-0.1, -0.05) is 23.7 Å². The van der Waals surface area contributed by atoms with Gasteiger partial charge in [0.1, 0.15) is 12.4 Å². The summed E-state index contributed by atoms with van der Waals surface area (Å²) in [5, 5.41) is 6.19. The van der Waals surface area contributed by atoms with Crippen LogP contribution in [0.15, 0.2) is 47.9 Å². The Morgan fingerprint density at radius 3 is 2.76 bits per heavy atom. The van der Waals surface area contributed by atoms with E-state index in [0.717, 1.165) is 61.5 Å². The molecule has 1 heterocycles. The molecule has 1 aliphatic carbocycles. The number of nitrogens with two attached hydrogens (primary N) is 1. The molecule has 2 aromatic rings. The van der Waals surface area contributed by atoms with E-state index < -0.39 is 10.0 Å². The predicted molar refractivity (Wildman–Crippen MR) is 136 cm³/mol. The van der Waals surface area contributed by atoms with Gasteiger partial charge in [0.2, 0.25) is 10.0 Å². The lowest BCUT2D eigenvalue weighted by Crippen LogP contribution is -2.26. The van der Waals surface area contributed by atoms with Gasteiger partial charge >= 0.3 is 0 Å². The first-order chi connectivity index (χ1) is 16.3. The van der Waals surface area contributed by atoms with Crippen molar-refractivity contribution in [2.24, 2.45) is 11.1 Å². The first-order valence-corrected chi connectivity index (χ1v) is 13.7. The average molecular weight is 505 g/mol. The molecule has 0 spiro atoms. The van der Waals surface area contributed by atoms with Crippen LogP contribution in [0.5, 0.6) is 5.75 Å². The summed E-state index contributed by atoms with van der Waals surface area (Å²) in [6.07, 6.45) is 6.81. The van der Waals surface area contributed by atoms with Crippen LogP contribution >= 0.6 is 11.6 Å². The molecule has 2 aliphatic rings. The third-order valence-corrected chi connectivity index (χ3v) is 8.07. The SMILES string of the molecule is C=CCOCC1CC(c2cc3c(cc2Cl)CCCCN(C)c2cc(S(N)(=O)=O)ccc2OC3)C1. The Hall–Kier alpha value is -2.06. The van der Waals surface area contributed by atoms with Gasteiger partial charge in [-0.3, -0.25) is 0 Å². The van der Waals surface area contributed by atoms with Crippen LogP contribution < -0.4 is 14.8 Å². The average Bonchev–Trinajstić information content (AvgIpc) is 2.79. The van der Waals surface area contributed by atoms with Crippen molar-refractivity contribution >= 4 is 27.3 Å². The molecular weight excluding hydrogens is 472 g/mol. The Labute approximate surface area is 207 Å². The highest BCUT2D eigenvalue weighted by molar-refractivity contribution is 7.89. The van der Waals surface area contributed by atoms with E-state index in [4.69, 9.17) is 26.2 Å². The van der Waals surface area contributed by atoms with Gasteiger partial charge in [0.05, 0.1) is 17.2 Å². The second kappa shape index (κ2) is 10.7. The van der Waals surface area contributed by atoms with Gasteiger partial charge in [0.25, 0.3) is 0 Å². The van der Waals surface area contributed by atoms with Crippen molar-refractivity contribution in [2.75, 3.05) is 31.7 Å². The maximum absolute atomic E-state index is 11.9. The molecule has 1 saturated carbocycles. The number of aryl methyl sites for hydroxylation is 1. The van der Waals surface area contributed by atoms with Crippen LogP contribution in [-0.2, 0) is 27.8 Å². The number of primary sulfonamides is 1. The van der Waals surface area contributed by atoms with E-state index in [1.807, 2.05) is 11.9 Å². The topological polar surface area (TPSA) is 81.9 Å². The number of rotatable bonds is 6. The fourth-order valence-corrected chi connectivity index (χ4v) is 5.71. The molecule has 0 bridgehead atoms. The Morgan fingerprint density at radius 1 is 1.24 bits per heavy atom. The minimum absolute atomic E-state index is 0.0858. The van der Waals surface area contributed by atoms with E-state index in [9.17, 15) is 8.42 Å². The van der Waals surface area contributed by atoms with Crippen molar-refractivity contribution in [3.63, 3.8) is 0 Å². The van der Waals surface area contributed by atoms with Crippen LogP contribution in [0.25, 0.3) is 0 Å². The maximum atomic E-state index is 11.9. The number of sulfonamides is 1. The molecule has 0 radical (unpaired) electrons. The lowest BCUT2D eigenvalue weighted by Gasteiger charge is -2.36. The van der Waals surface area contributed by atoms with E-state index in [1.54, 1.807) is 18.2 Å². The number of benzene rings is 2. The molecule has 0 amide bonds. The molecule has 2 N–H and O–H groups in total. The van der Waals surface area contributed by atoms with Crippen LogP contribution in [0.1, 0.15) is 48.3 Å². The van der Waals surface area contributed by atoms with Crippen LogP contribution in [0.2, 0.25) is 5.02 Å². The molecule has 0 atom stereocenters. The lowest BCUT2D eigenvalue weighted by atomic mass is 9.71. The number of fused-ring (bicyclic) bond motifs is 2. The Morgan fingerprint density at radius 2 is 2.03 bits per heavy atom. The fourth-order valence-electron chi connectivity index (χ4n) is 4.84. The van der Waals surface area contributed by atoms with E-state index in [2.05, 4.69) is 18.7 Å². The van der Waals surface area contributed by atoms with E-state index in [-0.39, 0.29) is 4.90 Å². The zero-order valence-corrected chi connectivity index (χ0v) is 21.2. The standard InChI is InChI=1S/C26H33ClN2O4S/c1-3-10-32-16-18-11-20(12-18)23-13-21-17-33-26-8-7-22(34(28,30)31)15-25(26)29(2)9-5-4-6-19(21)14-24(23)27/h3,7-8,13-15,18,20H,1,4-6,9-12,16-17H2,2H3,(H2,28,30,31). The Bertz CT molecular complexity index is 1150. The van der Waals surface area contributed by atoms with E-state index in [1.165, 1.54) is 17.2 Å². The first-order valence-electron chi connectivity index (χ1n) is 11.8. The van der Waals surface area contributed by atoms with Crippen LogP contribution in [0.4, 0.5) is 5.69 Å². The summed E-state index contributed by atoms with van der Waals surface area (Å²) in [5.74, 6) is 1.64. The van der Waals surface area contributed by atoms with Gasteiger partial charge in [-0.05, 0) is 84.9 Å². The number of hydrogen-bond acceptors (Lipinski definition) is 5. The van der Waals surface area contributed by atoms with Crippen LogP contribution in [-0.4, -0.2) is 35.2 Å². The summed E-state index contributed by atoms with van der Waals surface area (Å²) in [5.41, 5.74) is 4.26. The molecular formula is C26H33ClN2O4S. The largest absolute Gasteiger partial charge is 0.487 e. The monoisotopic (exact) mass is 504 g/mol. The molecule has 34 heavy (non-hydrogen) atoms. The third-order valence-electron chi connectivity index (χ3n) is 6.83. The van der Waals surface area contributed by atoms with E-state index in [0.29, 0.717) is 30.8 Å². The molecule has 8 heteroatoms. The van der Waals surface area contributed by atoms with Gasteiger partial charge in [-0.2, -0.15) is 0 Å². The van der Waals surface area contributed by atoms with Crippen molar-refractivity contribution in [3.8, 4) is 5.75 Å². The zero-order chi connectivity index (χ0) is 24.3. The van der Waals surface area contributed by atoms with Gasteiger partial charge in [0.15, 0.2) is 0 Å². The number of halogens is 1. The normalized spacial score (nSPS) is 20.9. The summed E-state index contributed by atoms with van der Waals surface area (Å²) in [6.45, 7) is 6.22. The summed E-state index contributed by atoms with van der Waals surface area (Å²) >= 11 is 6.74. The fraction of sp³-hybridized carbons (Fsp3) is 0.462. The smallest absolute Gasteiger partial charge is 0.238 e. The van der Waals surface area contributed by atoms with Crippen molar-refractivity contribution in [1.82, 2.24) is 0 Å². The number of hydrogen-bond donors (Lipinski definition) is 1. The molecule has 6 nitrogen and oxygen atoms in total. The number of ether oxygens (including phenoxy) is 2. The maximum Gasteiger partial charge on any atom is 0.238 e. The minimum atomic E-state index is -3.79. The van der Waals surface area contributed by atoms with Crippen molar-refractivity contribution in [2.45, 2.75) is 49.5 Å². The lowest BCUT2D eigenvalue weighted by molar-refractivity contribution is 0.0774. The minimum Gasteiger partial charge on any atom is -0.487 e. The molecule has 184 valence electrons. The second-order valence-corrected chi connectivity index (χ2v) is 11.3. The molecule has 0 aromatic heterocycles. The number of nitrogens with zero attached hydrogens (tertiary/aromatic N) is 1. The molecule has 1 aliphatic heterocycles. The Kier molecular flexibility index (Phi) is 7.87. The second-order valence-electron chi connectivity index (χ2n) is 9.34. The highest BCUT2D eigenvalue weighted by atomic mass is 35.5. The molecule has 1 fully saturated rings. The summed E-state index contributed by atoms with van der Waals surface area (Å²) in [4.78, 5) is 2.11. The summed E-state index contributed by atoms with van der Waals surface area (Å²) < 4.78 is 35.6.